The van der Waals surface area contributed by atoms with Crippen LogP contribution in [0.25, 0.3) is 5.70 Å². The van der Waals surface area contributed by atoms with Crippen molar-refractivity contribution < 1.29 is 18.7 Å². The van der Waals surface area contributed by atoms with Crippen molar-refractivity contribution in [1.82, 2.24) is 4.57 Å². The summed E-state index contributed by atoms with van der Waals surface area (Å²) in [4.78, 5) is 12.1. The van der Waals surface area contributed by atoms with Crippen LogP contribution in [-0.2, 0) is 0 Å². The first-order valence-electron chi connectivity index (χ1n) is 8.01. The molecule has 0 unspecified atom stereocenters. The zero-order valence-corrected chi connectivity index (χ0v) is 15.3. The molecule has 2 aromatic carbocycles. The van der Waals surface area contributed by atoms with Crippen LogP contribution in [0.4, 0.5) is 8.78 Å². The van der Waals surface area contributed by atoms with Gasteiger partial charge in [-0.2, -0.15) is 5.10 Å². The van der Waals surface area contributed by atoms with E-state index in [4.69, 9.17) is 5.84 Å². The maximum Gasteiger partial charge on any atom is 0.335 e. The molecule has 1 heterocycles. The number of aromatic carboxylic acids is 1. The number of benzene rings is 2. The van der Waals surface area contributed by atoms with Gasteiger partial charge in [-0.25, -0.2) is 13.6 Å². The molecule has 3 aromatic rings. The Morgan fingerprint density at radius 1 is 1.11 bits per heavy atom. The molecule has 0 atom stereocenters. The van der Waals surface area contributed by atoms with E-state index in [1.807, 2.05) is 0 Å². The Labute approximate surface area is 163 Å². The van der Waals surface area contributed by atoms with Crippen LogP contribution < -0.4 is 11.3 Å². The topological polar surface area (TPSA) is 80.6 Å². The lowest BCUT2D eigenvalue weighted by atomic mass is 10.1. The van der Waals surface area contributed by atoms with Crippen molar-refractivity contribution in [2.75, 3.05) is 0 Å². The van der Waals surface area contributed by atoms with Crippen molar-refractivity contribution in [3.63, 3.8) is 0 Å². The van der Waals surface area contributed by atoms with E-state index in [0.29, 0.717) is 21.6 Å². The van der Waals surface area contributed by atoms with Gasteiger partial charge in [0.25, 0.3) is 0 Å². The Hall–Kier alpha value is -3.39. The number of nitrogens with zero attached hydrogens (tertiary/aromatic N) is 2. The first-order chi connectivity index (χ1) is 13.4. The van der Waals surface area contributed by atoms with Gasteiger partial charge >= 0.3 is 5.97 Å². The number of rotatable bonds is 5. The molecule has 5 nitrogen and oxygen atoms in total. The molecule has 3 rings (SSSR count). The number of hydrogen-bond acceptors (Lipinski definition) is 4. The van der Waals surface area contributed by atoms with Gasteiger partial charge in [0.15, 0.2) is 5.49 Å². The molecular weight excluding hydrogens is 384 g/mol. The third kappa shape index (κ3) is 4.12. The summed E-state index contributed by atoms with van der Waals surface area (Å²) >= 11 is 1.10. The van der Waals surface area contributed by atoms with Crippen LogP contribution in [0.3, 0.4) is 0 Å². The number of hydrogen-bond donors (Lipinski definition) is 2. The van der Waals surface area contributed by atoms with Crippen molar-refractivity contribution in [2.24, 2.45) is 10.9 Å². The summed E-state index contributed by atoms with van der Waals surface area (Å²) < 4.78 is 28.6. The molecule has 3 N–H and O–H groups in total. The van der Waals surface area contributed by atoms with E-state index in [1.54, 1.807) is 35.0 Å². The molecule has 28 heavy (non-hydrogen) atoms. The lowest BCUT2D eigenvalue weighted by molar-refractivity contribution is 0.0697. The van der Waals surface area contributed by atoms with Gasteiger partial charge in [-0.3, -0.25) is 4.57 Å². The predicted molar refractivity (Wildman–Crippen MR) is 102 cm³/mol. The van der Waals surface area contributed by atoms with Gasteiger partial charge in [-0.1, -0.05) is 30.5 Å². The quantitative estimate of drug-likeness (QED) is 0.504. The summed E-state index contributed by atoms with van der Waals surface area (Å²) in [7, 11) is 0. The average molecular weight is 399 g/mol. The zero-order chi connectivity index (χ0) is 20.3. The van der Waals surface area contributed by atoms with E-state index in [0.717, 1.165) is 17.8 Å². The van der Waals surface area contributed by atoms with Crippen molar-refractivity contribution in [1.29, 1.82) is 0 Å². The molecule has 0 spiro atoms. The molecule has 0 amide bonds. The first-order valence-corrected chi connectivity index (χ1v) is 8.83. The van der Waals surface area contributed by atoms with E-state index in [-0.39, 0.29) is 10.5 Å². The summed E-state index contributed by atoms with van der Waals surface area (Å²) in [5, 5.41) is 12.9. The molecule has 0 fully saturated rings. The Bertz CT molecular complexity index is 1140. The van der Waals surface area contributed by atoms with E-state index < -0.39 is 17.6 Å². The normalized spacial score (nSPS) is 11.4. The maximum absolute atomic E-state index is 13.9. The minimum atomic E-state index is -1.06. The fraction of sp³-hybridized carbons (Fsp3) is 0. The zero-order valence-electron chi connectivity index (χ0n) is 14.5. The van der Waals surface area contributed by atoms with Crippen LogP contribution in [-0.4, -0.2) is 15.6 Å². The van der Waals surface area contributed by atoms with Gasteiger partial charge in [0, 0.05) is 27.8 Å². The van der Waals surface area contributed by atoms with Crippen molar-refractivity contribution in [3.8, 4) is 0 Å². The molecule has 8 heteroatoms. The molecule has 0 saturated heterocycles. The molecule has 0 bridgehead atoms. The van der Waals surface area contributed by atoms with Crippen molar-refractivity contribution >= 4 is 23.4 Å². The molecule has 0 aliphatic carbocycles. The van der Waals surface area contributed by atoms with Crippen molar-refractivity contribution in [2.45, 2.75) is 9.79 Å². The maximum atomic E-state index is 13.9. The molecule has 0 aliphatic heterocycles. The smallest absolute Gasteiger partial charge is 0.335 e. The summed E-state index contributed by atoms with van der Waals surface area (Å²) in [5.74, 6) is 3.07. The summed E-state index contributed by atoms with van der Waals surface area (Å²) in [6.07, 6.45) is 1.65. The van der Waals surface area contributed by atoms with Gasteiger partial charge < -0.3 is 10.9 Å². The molecule has 0 radical (unpaired) electrons. The van der Waals surface area contributed by atoms with Crippen LogP contribution in [0.15, 0.2) is 82.3 Å². The Balaban J connectivity index is 2.01. The summed E-state index contributed by atoms with van der Waals surface area (Å²) in [6.45, 7) is 4.00. The summed E-state index contributed by atoms with van der Waals surface area (Å²) in [5.41, 5.74) is 1.48. The second-order valence-electron chi connectivity index (χ2n) is 5.73. The number of aromatic nitrogens is 1. The van der Waals surface area contributed by atoms with Gasteiger partial charge in [0.1, 0.15) is 11.6 Å². The van der Waals surface area contributed by atoms with Gasteiger partial charge in [0.05, 0.1) is 5.56 Å². The lowest BCUT2D eigenvalue weighted by Crippen LogP contribution is -2.21. The van der Waals surface area contributed by atoms with Gasteiger partial charge in [-0.15, -0.1) is 0 Å². The predicted octanol–water partition coefficient (Wildman–Crippen LogP) is 3.91. The summed E-state index contributed by atoms with van der Waals surface area (Å²) in [6, 6.07) is 12.9. The minimum Gasteiger partial charge on any atom is -0.478 e. The van der Waals surface area contributed by atoms with Crippen LogP contribution in [0, 0.1) is 11.6 Å². The first kappa shape index (κ1) is 19.4. The van der Waals surface area contributed by atoms with E-state index in [2.05, 4.69) is 11.7 Å². The van der Waals surface area contributed by atoms with E-state index in [1.165, 1.54) is 24.3 Å². The SMILES string of the molecule is C=C(c1cccc(C(=O)O)c1)n1cc(Sc2ccc(F)cc2F)cc/c1=N/N. The fourth-order valence-corrected chi connectivity index (χ4v) is 3.35. The third-order valence-corrected chi connectivity index (χ3v) is 4.92. The highest BCUT2D eigenvalue weighted by Crippen LogP contribution is 2.30. The van der Waals surface area contributed by atoms with Crippen LogP contribution in [0.2, 0.25) is 0 Å². The van der Waals surface area contributed by atoms with E-state index in [9.17, 15) is 18.7 Å². The number of carboxylic acid groups (broad SMARTS) is 1. The second kappa shape index (κ2) is 8.10. The Morgan fingerprint density at radius 2 is 1.86 bits per heavy atom. The highest BCUT2D eigenvalue weighted by Gasteiger charge is 2.10. The number of carbonyl (C=O) groups is 1. The number of pyridine rings is 1. The number of carboxylic acids is 1. The second-order valence-corrected chi connectivity index (χ2v) is 6.85. The Kier molecular flexibility index (Phi) is 5.60. The Morgan fingerprint density at radius 3 is 2.54 bits per heavy atom. The number of nitrogens with two attached hydrogens (primary N) is 1. The molecule has 0 saturated carbocycles. The standard InChI is InChI=1S/C20H15F2N3O2S/c1-12(13-3-2-4-14(9-13)20(26)27)25-11-16(6-8-19(25)24-23)28-18-7-5-15(21)10-17(18)22/h2-11H,1,23H2,(H,26,27)/b24-19-. The fourth-order valence-electron chi connectivity index (χ4n) is 2.51. The molecular formula is C20H15F2N3O2S. The highest BCUT2D eigenvalue weighted by molar-refractivity contribution is 7.99. The van der Waals surface area contributed by atoms with Crippen LogP contribution >= 0.6 is 11.8 Å². The lowest BCUT2D eigenvalue weighted by Gasteiger charge is -2.13. The number of halogens is 2. The third-order valence-electron chi connectivity index (χ3n) is 3.89. The molecule has 0 aliphatic rings. The highest BCUT2D eigenvalue weighted by atomic mass is 32.2. The monoisotopic (exact) mass is 399 g/mol. The van der Waals surface area contributed by atoms with Crippen molar-refractivity contribution in [3.05, 3.63) is 95.6 Å². The minimum absolute atomic E-state index is 0.115. The van der Waals surface area contributed by atoms with E-state index >= 15 is 0 Å². The molecule has 1 aromatic heterocycles. The molecule has 142 valence electrons. The van der Waals surface area contributed by atoms with Crippen LogP contribution in [0.5, 0.6) is 0 Å². The van der Waals surface area contributed by atoms with Gasteiger partial charge in [-0.05, 0) is 42.0 Å². The van der Waals surface area contributed by atoms with Crippen LogP contribution in [0.1, 0.15) is 15.9 Å². The average Bonchev–Trinajstić information content (AvgIpc) is 2.69. The van der Waals surface area contributed by atoms with Gasteiger partial charge in [0.2, 0.25) is 0 Å². The largest absolute Gasteiger partial charge is 0.478 e.